The first kappa shape index (κ1) is 21.8. The van der Waals surface area contributed by atoms with Crippen molar-refractivity contribution in [3.05, 3.63) is 57.5 Å². The van der Waals surface area contributed by atoms with Crippen LogP contribution in [-0.4, -0.2) is 34.4 Å². The summed E-state index contributed by atoms with van der Waals surface area (Å²) in [5.41, 5.74) is 2.81. The fraction of sp³-hybridized carbons (Fsp3) is 0.417. The minimum atomic E-state index is -1.09. The number of carboxylic acids is 1. The van der Waals surface area contributed by atoms with E-state index in [2.05, 4.69) is 34.3 Å². The molecule has 1 aliphatic heterocycles. The first-order chi connectivity index (χ1) is 15.1. The summed E-state index contributed by atoms with van der Waals surface area (Å²) in [5.74, 6) is -0.516. The lowest BCUT2D eigenvalue weighted by Gasteiger charge is -2.37. The van der Waals surface area contributed by atoms with Crippen molar-refractivity contribution in [1.82, 2.24) is 10.2 Å². The van der Waals surface area contributed by atoms with Crippen molar-refractivity contribution in [3.8, 4) is 0 Å². The predicted octanol–water partition coefficient (Wildman–Crippen LogP) is 4.39. The third kappa shape index (κ3) is 4.30. The van der Waals surface area contributed by atoms with Gasteiger partial charge < -0.3 is 19.7 Å². The summed E-state index contributed by atoms with van der Waals surface area (Å²) in [5, 5.41) is 20.6. The minimum absolute atomic E-state index is 0.0295. The number of anilines is 2. The van der Waals surface area contributed by atoms with E-state index >= 15 is 0 Å². The van der Waals surface area contributed by atoms with Gasteiger partial charge in [0.05, 0.1) is 29.5 Å². The Bertz CT molecular complexity index is 1220. The standard InChI is InChI=1S/C24H28N4O4/c1-14-9-16(15(2)27-19-13-26-25-12-18(19)23(30)31)22-17(10-14)20(29)11-21(32-22)28-7-5-24(3,4)6-8-28/h9-13,15H,5-8H2,1-4H3,(H,25,27)(H,30,31). The van der Waals surface area contributed by atoms with Gasteiger partial charge in [0.15, 0.2) is 11.3 Å². The first-order valence-electron chi connectivity index (χ1n) is 10.8. The highest BCUT2D eigenvalue weighted by molar-refractivity contribution is 5.93. The van der Waals surface area contributed by atoms with Crippen molar-refractivity contribution in [2.75, 3.05) is 23.3 Å². The smallest absolute Gasteiger partial charge is 0.339 e. The van der Waals surface area contributed by atoms with E-state index in [1.165, 1.54) is 12.4 Å². The monoisotopic (exact) mass is 436 g/mol. The second-order valence-corrected chi connectivity index (χ2v) is 9.32. The van der Waals surface area contributed by atoms with Gasteiger partial charge in [0.2, 0.25) is 0 Å². The predicted molar refractivity (Wildman–Crippen MR) is 123 cm³/mol. The second-order valence-electron chi connectivity index (χ2n) is 9.32. The van der Waals surface area contributed by atoms with Crippen LogP contribution in [0.2, 0.25) is 0 Å². The molecule has 1 saturated heterocycles. The zero-order valence-electron chi connectivity index (χ0n) is 18.8. The van der Waals surface area contributed by atoms with Crippen LogP contribution in [0.15, 0.2) is 39.8 Å². The van der Waals surface area contributed by atoms with Crippen molar-refractivity contribution < 1.29 is 14.3 Å². The lowest BCUT2D eigenvalue weighted by molar-refractivity contribution is 0.0697. The van der Waals surface area contributed by atoms with Crippen molar-refractivity contribution >= 4 is 28.5 Å². The number of nitrogens with zero attached hydrogens (tertiary/aromatic N) is 3. The van der Waals surface area contributed by atoms with Crippen LogP contribution in [0.3, 0.4) is 0 Å². The molecule has 1 aliphatic rings. The molecule has 1 fully saturated rings. The van der Waals surface area contributed by atoms with Gasteiger partial charge in [-0.2, -0.15) is 10.2 Å². The number of rotatable bonds is 5. The summed E-state index contributed by atoms with van der Waals surface area (Å²) >= 11 is 0. The Hall–Kier alpha value is -3.42. The lowest BCUT2D eigenvalue weighted by atomic mass is 9.83. The van der Waals surface area contributed by atoms with Gasteiger partial charge in [-0.25, -0.2) is 4.79 Å². The summed E-state index contributed by atoms with van der Waals surface area (Å²) in [7, 11) is 0. The summed E-state index contributed by atoms with van der Waals surface area (Å²) in [6.07, 6.45) is 4.65. The number of fused-ring (bicyclic) bond motifs is 1. The Kier molecular flexibility index (Phi) is 5.62. The first-order valence-corrected chi connectivity index (χ1v) is 10.8. The van der Waals surface area contributed by atoms with E-state index in [0.717, 1.165) is 37.1 Å². The fourth-order valence-corrected chi connectivity index (χ4v) is 4.15. The molecule has 8 heteroatoms. The van der Waals surface area contributed by atoms with Crippen molar-refractivity contribution in [2.45, 2.75) is 46.6 Å². The number of benzene rings is 1. The number of piperidine rings is 1. The third-order valence-corrected chi connectivity index (χ3v) is 6.22. The molecule has 0 spiro atoms. The molecule has 3 aromatic rings. The van der Waals surface area contributed by atoms with E-state index in [0.29, 0.717) is 22.5 Å². The molecule has 4 rings (SSSR count). The number of aryl methyl sites for hydroxylation is 1. The lowest BCUT2D eigenvalue weighted by Crippen LogP contribution is -2.37. The number of hydrogen-bond donors (Lipinski definition) is 2. The van der Waals surface area contributed by atoms with Crippen LogP contribution in [0.4, 0.5) is 11.6 Å². The number of nitrogens with one attached hydrogen (secondary N) is 1. The van der Waals surface area contributed by atoms with Crippen LogP contribution in [0.25, 0.3) is 11.0 Å². The highest BCUT2D eigenvalue weighted by Crippen LogP contribution is 2.34. The zero-order valence-corrected chi connectivity index (χ0v) is 18.8. The van der Waals surface area contributed by atoms with E-state index in [4.69, 9.17) is 4.42 Å². The summed E-state index contributed by atoms with van der Waals surface area (Å²) in [6.45, 7) is 10.0. The molecule has 32 heavy (non-hydrogen) atoms. The van der Waals surface area contributed by atoms with Crippen LogP contribution in [0.1, 0.15) is 61.1 Å². The topological polar surface area (TPSA) is 109 Å². The molecule has 0 amide bonds. The Balaban J connectivity index is 1.75. The van der Waals surface area contributed by atoms with Crippen LogP contribution in [0, 0.1) is 12.3 Å². The Morgan fingerprint density at radius 1 is 1.19 bits per heavy atom. The molecule has 0 radical (unpaired) electrons. The average molecular weight is 437 g/mol. The highest BCUT2D eigenvalue weighted by atomic mass is 16.4. The molecule has 0 bridgehead atoms. The number of hydrogen-bond acceptors (Lipinski definition) is 7. The largest absolute Gasteiger partial charge is 0.478 e. The van der Waals surface area contributed by atoms with E-state index in [1.807, 2.05) is 26.0 Å². The van der Waals surface area contributed by atoms with Crippen molar-refractivity contribution in [3.63, 3.8) is 0 Å². The summed E-state index contributed by atoms with van der Waals surface area (Å²) in [4.78, 5) is 26.7. The quantitative estimate of drug-likeness (QED) is 0.606. The fourth-order valence-electron chi connectivity index (χ4n) is 4.15. The molecule has 1 atom stereocenters. The van der Waals surface area contributed by atoms with Gasteiger partial charge in [0.25, 0.3) is 0 Å². The van der Waals surface area contributed by atoms with Crippen LogP contribution >= 0.6 is 0 Å². The number of carboxylic acid groups (broad SMARTS) is 1. The van der Waals surface area contributed by atoms with Crippen LogP contribution < -0.4 is 15.6 Å². The maximum absolute atomic E-state index is 13.0. The normalized spacial score (nSPS) is 16.7. The molecule has 3 heterocycles. The van der Waals surface area contributed by atoms with Gasteiger partial charge in [-0.1, -0.05) is 19.9 Å². The summed E-state index contributed by atoms with van der Waals surface area (Å²) in [6, 6.07) is 5.04. The molecule has 0 aliphatic carbocycles. The van der Waals surface area contributed by atoms with Gasteiger partial charge in [-0.3, -0.25) is 4.79 Å². The maximum Gasteiger partial charge on any atom is 0.339 e. The Morgan fingerprint density at radius 3 is 2.56 bits per heavy atom. The van der Waals surface area contributed by atoms with Gasteiger partial charge in [-0.05, 0) is 43.7 Å². The molecule has 0 saturated carbocycles. The molecular weight excluding hydrogens is 408 g/mol. The van der Waals surface area contributed by atoms with E-state index in [-0.39, 0.29) is 22.4 Å². The molecule has 2 aromatic heterocycles. The molecular formula is C24H28N4O4. The van der Waals surface area contributed by atoms with Crippen LogP contribution in [0.5, 0.6) is 0 Å². The van der Waals surface area contributed by atoms with E-state index < -0.39 is 5.97 Å². The van der Waals surface area contributed by atoms with E-state index in [1.54, 1.807) is 6.07 Å². The molecule has 168 valence electrons. The molecule has 1 aromatic carbocycles. The van der Waals surface area contributed by atoms with Gasteiger partial charge in [-0.15, -0.1) is 0 Å². The maximum atomic E-state index is 13.0. The molecule has 1 unspecified atom stereocenters. The highest BCUT2D eigenvalue weighted by Gasteiger charge is 2.27. The molecule has 8 nitrogen and oxygen atoms in total. The minimum Gasteiger partial charge on any atom is -0.478 e. The van der Waals surface area contributed by atoms with Crippen molar-refractivity contribution in [2.24, 2.45) is 5.41 Å². The number of aromatic carboxylic acids is 1. The Labute approximate surface area is 186 Å². The Morgan fingerprint density at radius 2 is 1.88 bits per heavy atom. The summed E-state index contributed by atoms with van der Waals surface area (Å²) < 4.78 is 6.31. The second kappa shape index (κ2) is 8.26. The van der Waals surface area contributed by atoms with Gasteiger partial charge >= 0.3 is 5.97 Å². The zero-order chi connectivity index (χ0) is 23.0. The SMILES string of the molecule is Cc1cc(C(C)Nc2cnncc2C(=O)O)c2oc(N3CCC(C)(C)CC3)cc(=O)c2c1. The number of carbonyl (C=O) groups is 1. The van der Waals surface area contributed by atoms with Gasteiger partial charge in [0.1, 0.15) is 11.1 Å². The number of aromatic nitrogens is 2. The third-order valence-electron chi connectivity index (χ3n) is 6.22. The average Bonchev–Trinajstić information content (AvgIpc) is 2.74. The molecule has 2 N–H and O–H groups in total. The van der Waals surface area contributed by atoms with E-state index in [9.17, 15) is 14.7 Å². The van der Waals surface area contributed by atoms with Gasteiger partial charge in [0, 0.05) is 24.7 Å². The van der Waals surface area contributed by atoms with Crippen molar-refractivity contribution in [1.29, 1.82) is 0 Å². The van der Waals surface area contributed by atoms with Crippen LogP contribution in [-0.2, 0) is 0 Å².